The number of nitrogens with one attached hydrogen (secondary N) is 1. The average molecular weight is 283 g/mol. The van der Waals surface area contributed by atoms with Crippen LogP contribution in [0.4, 0.5) is 0 Å². The molecule has 0 aromatic carbocycles. The van der Waals surface area contributed by atoms with Crippen LogP contribution in [0.1, 0.15) is 22.8 Å². The van der Waals surface area contributed by atoms with Crippen molar-refractivity contribution in [1.82, 2.24) is 20.1 Å². The van der Waals surface area contributed by atoms with E-state index in [0.717, 1.165) is 0 Å². The summed E-state index contributed by atoms with van der Waals surface area (Å²) in [5, 5.41) is 7.04. The van der Waals surface area contributed by atoms with Gasteiger partial charge in [0.15, 0.2) is 0 Å². The van der Waals surface area contributed by atoms with Crippen LogP contribution < -0.4 is 11.1 Å². The SMILES string of the molecule is CC(Cn1cccn1)NC(=O)c1ccncc1C#CCN. The molecule has 0 aliphatic carbocycles. The number of rotatable bonds is 4. The number of aromatic nitrogens is 3. The van der Waals surface area contributed by atoms with Gasteiger partial charge in [-0.1, -0.05) is 11.8 Å². The number of amides is 1. The molecule has 3 N–H and O–H groups in total. The summed E-state index contributed by atoms with van der Waals surface area (Å²) in [5.74, 6) is 5.41. The van der Waals surface area contributed by atoms with Crippen molar-refractivity contribution in [2.45, 2.75) is 19.5 Å². The molecular formula is C15H17N5O. The molecule has 2 aromatic heterocycles. The van der Waals surface area contributed by atoms with Gasteiger partial charge in [-0.3, -0.25) is 14.5 Å². The summed E-state index contributed by atoms with van der Waals surface area (Å²) < 4.78 is 1.77. The van der Waals surface area contributed by atoms with Crippen LogP contribution in [-0.4, -0.2) is 33.3 Å². The lowest BCUT2D eigenvalue weighted by molar-refractivity contribution is 0.0935. The van der Waals surface area contributed by atoms with Gasteiger partial charge in [-0.2, -0.15) is 5.10 Å². The number of carbonyl (C=O) groups excluding carboxylic acids is 1. The van der Waals surface area contributed by atoms with E-state index in [2.05, 4.69) is 27.2 Å². The first-order valence-corrected chi connectivity index (χ1v) is 6.62. The molecule has 0 aliphatic rings. The van der Waals surface area contributed by atoms with Crippen LogP contribution in [0.5, 0.6) is 0 Å². The monoisotopic (exact) mass is 283 g/mol. The van der Waals surface area contributed by atoms with Crippen LogP contribution >= 0.6 is 0 Å². The minimum absolute atomic E-state index is 0.0547. The Balaban J connectivity index is 2.06. The molecular weight excluding hydrogens is 266 g/mol. The Morgan fingerprint density at radius 1 is 1.52 bits per heavy atom. The van der Waals surface area contributed by atoms with Crippen LogP contribution in [0.3, 0.4) is 0 Å². The summed E-state index contributed by atoms with van der Waals surface area (Å²) in [7, 11) is 0. The Morgan fingerprint density at radius 3 is 3.10 bits per heavy atom. The van der Waals surface area contributed by atoms with Crippen molar-refractivity contribution in [3.63, 3.8) is 0 Å². The van der Waals surface area contributed by atoms with Gasteiger partial charge in [0, 0.05) is 30.8 Å². The number of hydrogen-bond acceptors (Lipinski definition) is 4. The van der Waals surface area contributed by atoms with Crippen molar-refractivity contribution in [1.29, 1.82) is 0 Å². The van der Waals surface area contributed by atoms with E-state index in [1.807, 2.05) is 19.2 Å². The Labute approximate surface area is 123 Å². The van der Waals surface area contributed by atoms with E-state index in [4.69, 9.17) is 5.73 Å². The molecule has 0 saturated heterocycles. The summed E-state index contributed by atoms with van der Waals surface area (Å²) in [4.78, 5) is 16.3. The molecule has 0 aliphatic heterocycles. The van der Waals surface area contributed by atoms with Crippen LogP contribution in [0, 0.1) is 11.8 Å². The molecule has 6 nitrogen and oxygen atoms in total. The molecule has 2 aromatic rings. The van der Waals surface area contributed by atoms with Gasteiger partial charge in [0.25, 0.3) is 5.91 Å². The summed E-state index contributed by atoms with van der Waals surface area (Å²) in [6, 6.07) is 3.44. The number of hydrogen-bond donors (Lipinski definition) is 2. The van der Waals surface area contributed by atoms with Gasteiger partial charge in [0.05, 0.1) is 24.2 Å². The maximum atomic E-state index is 12.3. The molecule has 0 spiro atoms. The summed E-state index contributed by atoms with van der Waals surface area (Å²) in [6.45, 7) is 2.77. The van der Waals surface area contributed by atoms with Gasteiger partial charge in [0.2, 0.25) is 0 Å². The van der Waals surface area contributed by atoms with Crippen molar-refractivity contribution < 1.29 is 4.79 Å². The zero-order valence-electron chi connectivity index (χ0n) is 11.8. The van der Waals surface area contributed by atoms with Gasteiger partial charge >= 0.3 is 0 Å². The van der Waals surface area contributed by atoms with E-state index in [9.17, 15) is 4.79 Å². The minimum atomic E-state index is -0.182. The predicted octanol–water partition coefficient (Wildman–Crippen LogP) is 0.407. The summed E-state index contributed by atoms with van der Waals surface area (Å²) in [5.41, 5.74) is 6.43. The highest BCUT2D eigenvalue weighted by atomic mass is 16.1. The lowest BCUT2D eigenvalue weighted by atomic mass is 10.1. The second-order valence-corrected chi connectivity index (χ2v) is 4.53. The molecule has 2 heterocycles. The normalized spacial score (nSPS) is 11.3. The van der Waals surface area contributed by atoms with Gasteiger partial charge in [0.1, 0.15) is 0 Å². The van der Waals surface area contributed by atoms with Crippen molar-refractivity contribution in [2.75, 3.05) is 6.54 Å². The highest BCUT2D eigenvalue weighted by Gasteiger charge is 2.13. The molecule has 6 heteroatoms. The van der Waals surface area contributed by atoms with Crippen molar-refractivity contribution >= 4 is 5.91 Å². The van der Waals surface area contributed by atoms with E-state index >= 15 is 0 Å². The van der Waals surface area contributed by atoms with Crippen molar-refractivity contribution in [3.8, 4) is 11.8 Å². The van der Waals surface area contributed by atoms with Crippen LogP contribution in [-0.2, 0) is 6.54 Å². The molecule has 1 unspecified atom stereocenters. The Hall–Kier alpha value is -2.65. The zero-order valence-corrected chi connectivity index (χ0v) is 11.8. The second kappa shape index (κ2) is 7.22. The van der Waals surface area contributed by atoms with E-state index in [1.165, 1.54) is 0 Å². The first kappa shape index (κ1) is 14.8. The fourth-order valence-corrected chi connectivity index (χ4v) is 1.87. The maximum Gasteiger partial charge on any atom is 0.252 e. The zero-order chi connectivity index (χ0) is 15.1. The fraction of sp³-hybridized carbons (Fsp3) is 0.267. The largest absolute Gasteiger partial charge is 0.348 e. The van der Waals surface area contributed by atoms with E-state index < -0.39 is 0 Å². The first-order valence-electron chi connectivity index (χ1n) is 6.62. The van der Waals surface area contributed by atoms with Gasteiger partial charge < -0.3 is 11.1 Å². The standard InChI is InChI=1S/C15H17N5O/c1-12(11-20-9-3-7-18-20)19-15(21)14-5-8-17-10-13(14)4-2-6-16/h3,5,7-10,12H,6,11,16H2,1H3,(H,19,21). The lowest BCUT2D eigenvalue weighted by Gasteiger charge is -2.14. The molecule has 108 valence electrons. The topological polar surface area (TPSA) is 85.8 Å². The molecule has 0 bridgehead atoms. The van der Waals surface area contributed by atoms with E-state index in [0.29, 0.717) is 17.7 Å². The summed E-state index contributed by atoms with van der Waals surface area (Å²) >= 11 is 0. The van der Waals surface area contributed by atoms with Crippen molar-refractivity contribution in [3.05, 3.63) is 48.0 Å². The van der Waals surface area contributed by atoms with Crippen LogP contribution in [0.2, 0.25) is 0 Å². The number of nitrogens with two attached hydrogens (primary N) is 1. The third-order valence-electron chi connectivity index (χ3n) is 2.79. The van der Waals surface area contributed by atoms with Crippen molar-refractivity contribution in [2.24, 2.45) is 5.73 Å². The highest BCUT2D eigenvalue weighted by Crippen LogP contribution is 2.06. The van der Waals surface area contributed by atoms with E-state index in [1.54, 1.807) is 29.3 Å². The molecule has 2 rings (SSSR count). The van der Waals surface area contributed by atoms with Gasteiger partial charge in [-0.15, -0.1) is 0 Å². The molecule has 21 heavy (non-hydrogen) atoms. The minimum Gasteiger partial charge on any atom is -0.348 e. The fourth-order valence-electron chi connectivity index (χ4n) is 1.87. The van der Waals surface area contributed by atoms with E-state index in [-0.39, 0.29) is 18.5 Å². The average Bonchev–Trinajstić information content (AvgIpc) is 2.98. The second-order valence-electron chi connectivity index (χ2n) is 4.53. The Bertz CT molecular complexity index is 654. The lowest BCUT2D eigenvalue weighted by Crippen LogP contribution is -2.36. The van der Waals surface area contributed by atoms with Gasteiger partial charge in [-0.05, 0) is 19.1 Å². The third kappa shape index (κ3) is 4.16. The Kier molecular flexibility index (Phi) is 5.07. The molecule has 0 saturated carbocycles. The number of nitrogens with zero attached hydrogens (tertiary/aromatic N) is 3. The highest BCUT2D eigenvalue weighted by molar-refractivity contribution is 5.96. The van der Waals surface area contributed by atoms with Crippen LogP contribution in [0.15, 0.2) is 36.9 Å². The third-order valence-corrected chi connectivity index (χ3v) is 2.79. The number of carbonyl (C=O) groups is 1. The quantitative estimate of drug-likeness (QED) is 0.796. The summed E-state index contributed by atoms with van der Waals surface area (Å²) in [6.07, 6.45) is 6.70. The number of pyridine rings is 1. The van der Waals surface area contributed by atoms with Gasteiger partial charge in [-0.25, -0.2) is 0 Å². The predicted molar refractivity (Wildman–Crippen MR) is 79.3 cm³/mol. The molecule has 0 radical (unpaired) electrons. The van der Waals surface area contributed by atoms with Crippen LogP contribution in [0.25, 0.3) is 0 Å². The maximum absolute atomic E-state index is 12.3. The Morgan fingerprint density at radius 2 is 2.38 bits per heavy atom. The molecule has 1 atom stereocenters. The molecule has 0 fully saturated rings. The molecule has 1 amide bonds. The smallest absolute Gasteiger partial charge is 0.252 e. The first-order chi connectivity index (χ1) is 10.2.